The van der Waals surface area contributed by atoms with Gasteiger partial charge in [0, 0.05) is 12.5 Å². The fraction of sp³-hybridized carbons (Fsp3) is 0.733. The third-order valence-corrected chi connectivity index (χ3v) is 3.00. The molecule has 0 spiro atoms. The van der Waals surface area contributed by atoms with Crippen LogP contribution in [-0.2, 0) is 5.41 Å². The molecule has 1 aromatic rings. The first-order valence-corrected chi connectivity index (χ1v) is 7.09. The summed E-state index contributed by atoms with van der Waals surface area (Å²) in [5, 5.41) is 3.12. The molecule has 0 aliphatic carbocycles. The topological polar surface area (TPSA) is 47.0 Å². The van der Waals surface area contributed by atoms with Crippen molar-refractivity contribution < 1.29 is 4.74 Å². The van der Waals surface area contributed by atoms with Gasteiger partial charge in [-0.1, -0.05) is 40.5 Å². The van der Waals surface area contributed by atoms with Gasteiger partial charge in [0.15, 0.2) is 0 Å². The summed E-state index contributed by atoms with van der Waals surface area (Å²) >= 11 is 0. The Labute approximate surface area is 117 Å². The Morgan fingerprint density at radius 3 is 2.37 bits per heavy atom. The standard InChI is InChI=1S/C15H27N3O/c1-7-8-9-10-19-13-11(2)12(16-6)17-14(18-13)15(3,4)5/h7-10H2,1-6H3,(H,16,17,18). The number of hydrogen-bond donors (Lipinski definition) is 1. The Kier molecular flexibility index (Phi) is 5.58. The quantitative estimate of drug-likeness (QED) is 0.797. The van der Waals surface area contributed by atoms with Crippen LogP contribution in [0.1, 0.15) is 58.3 Å². The lowest BCUT2D eigenvalue weighted by Crippen LogP contribution is -2.18. The van der Waals surface area contributed by atoms with Crippen LogP contribution in [0, 0.1) is 6.92 Å². The largest absolute Gasteiger partial charge is 0.477 e. The molecule has 1 heterocycles. The van der Waals surface area contributed by atoms with E-state index in [1.54, 1.807) is 0 Å². The van der Waals surface area contributed by atoms with Crippen molar-refractivity contribution in [3.63, 3.8) is 0 Å². The van der Waals surface area contributed by atoms with Crippen LogP contribution >= 0.6 is 0 Å². The molecule has 0 aromatic carbocycles. The van der Waals surface area contributed by atoms with Crippen molar-refractivity contribution in [2.75, 3.05) is 19.0 Å². The molecule has 0 radical (unpaired) electrons. The maximum atomic E-state index is 5.83. The van der Waals surface area contributed by atoms with Gasteiger partial charge >= 0.3 is 0 Å². The maximum absolute atomic E-state index is 5.83. The van der Waals surface area contributed by atoms with Crippen molar-refractivity contribution in [1.82, 2.24) is 9.97 Å². The van der Waals surface area contributed by atoms with Gasteiger partial charge in [0.1, 0.15) is 11.6 Å². The second-order valence-corrected chi connectivity index (χ2v) is 5.88. The number of nitrogens with zero attached hydrogens (tertiary/aromatic N) is 2. The van der Waals surface area contributed by atoms with E-state index in [-0.39, 0.29) is 5.41 Å². The van der Waals surface area contributed by atoms with E-state index >= 15 is 0 Å². The molecule has 0 fully saturated rings. The smallest absolute Gasteiger partial charge is 0.221 e. The molecule has 4 heteroatoms. The summed E-state index contributed by atoms with van der Waals surface area (Å²) in [7, 11) is 1.88. The first kappa shape index (κ1) is 15.7. The van der Waals surface area contributed by atoms with Crippen molar-refractivity contribution in [2.24, 2.45) is 0 Å². The Morgan fingerprint density at radius 1 is 1.16 bits per heavy atom. The lowest BCUT2D eigenvalue weighted by atomic mass is 9.95. The highest BCUT2D eigenvalue weighted by atomic mass is 16.5. The fourth-order valence-corrected chi connectivity index (χ4v) is 1.74. The zero-order chi connectivity index (χ0) is 14.5. The van der Waals surface area contributed by atoms with Crippen molar-refractivity contribution in [1.29, 1.82) is 0 Å². The molecule has 0 aliphatic rings. The third-order valence-electron chi connectivity index (χ3n) is 3.00. The van der Waals surface area contributed by atoms with Crippen LogP contribution in [0.2, 0.25) is 0 Å². The number of rotatable bonds is 6. The highest BCUT2D eigenvalue weighted by Gasteiger charge is 2.21. The minimum absolute atomic E-state index is 0.0825. The Hall–Kier alpha value is -1.32. The molecule has 1 aromatic heterocycles. The summed E-state index contributed by atoms with van der Waals surface area (Å²) in [4.78, 5) is 9.14. The van der Waals surface area contributed by atoms with Gasteiger partial charge in [-0.3, -0.25) is 0 Å². The van der Waals surface area contributed by atoms with Crippen LogP contribution in [0.3, 0.4) is 0 Å². The van der Waals surface area contributed by atoms with Gasteiger partial charge < -0.3 is 10.1 Å². The monoisotopic (exact) mass is 265 g/mol. The summed E-state index contributed by atoms with van der Waals surface area (Å²) in [6, 6.07) is 0. The molecule has 0 atom stereocenters. The van der Waals surface area contributed by atoms with E-state index in [4.69, 9.17) is 4.74 Å². The van der Waals surface area contributed by atoms with Crippen LogP contribution < -0.4 is 10.1 Å². The molecular formula is C15H27N3O. The number of nitrogens with one attached hydrogen (secondary N) is 1. The van der Waals surface area contributed by atoms with Gasteiger partial charge in [-0.25, -0.2) is 4.98 Å². The number of unbranched alkanes of at least 4 members (excludes halogenated alkanes) is 2. The van der Waals surface area contributed by atoms with Crippen LogP contribution in [0.4, 0.5) is 5.82 Å². The molecule has 0 aliphatic heterocycles. The second kappa shape index (κ2) is 6.73. The van der Waals surface area contributed by atoms with Crippen LogP contribution in [-0.4, -0.2) is 23.6 Å². The highest BCUT2D eigenvalue weighted by Crippen LogP contribution is 2.27. The highest BCUT2D eigenvalue weighted by molar-refractivity contribution is 5.48. The summed E-state index contributed by atoms with van der Waals surface area (Å²) in [6.07, 6.45) is 3.45. The molecule has 0 amide bonds. The van der Waals surface area contributed by atoms with Gasteiger partial charge in [0.2, 0.25) is 5.88 Å². The fourth-order valence-electron chi connectivity index (χ4n) is 1.74. The average Bonchev–Trinajstić information content (AvgIpc) is 2.35. The van der Waals surface area contributed by atoms with E-state index in [0.29, 0.717) is 5.88 Å². The molecule has 0 saturated carbocycles. The molecule has 0 saturated heterocycles. The van der Waals surface area contributed by atoms with Crippen molar-refractivity contribution in [3.05, 3.63) is 11.4 Å². The molecule has 19 heavy (non-hydrogen) atoms. The van der Waals surface area contributed by atoms with Gasteiger partial charge in [0.25, 0.3) is 0 Å². The molecule has 1 N–H and O–H groups in total. The van der Waals surface area contributed by atoms with Crippen molar-refractivity contribution in [2.45, 2.75) is 59.3 Å². The number of ether oxygens (including phenoxy) is 1. The molecule has 108 valence electrons. The van der Waals surface area contributed by atoms with Gasteiger partial charge in [-0.15, -0.1) is 0 Å². The van der Waals surface area contributed by atoms with Crippen molar-refractivity contribution in [3.8, 4) is 5.88 Å². The maximum Gasteiger partial charge on any atom is 0.221 e. The van der Waals surface area contributed by atoms with E-state index < -0.39 is 0 Å². The number of hydrogen-bond acceptors (Lipinski definition) is 4. The predicted octanol–water partition coefficient (Wildman–Crippen LogP) is 3.69. The SMILES string of the molecule is CCCCCOc1nc(C(C)(C)C)nc(NC)c1C. The van der Waals surface area contributed by atoms with Crippen LogP contribution in [0.5, 0.6) is 5.88 Å². The van der Waals surface area contributed by atoms with Crippen LogP contribution in [0.15, 0.2) is 0 Å². The molecule has 0 unspecified atom stereocenters. The number of aromatic nitrogens is 2. The van der Waals surface area contributed by atoms with Gasteiger partial charge in [-0.2, -0.15) is 4.98 Å². The van der Waals surface area contributed by atoms with Crippen molar-refractivity contribution >= 4 is 5.82 Å². The van der Waals surface area contributed by atoms with E-state index in [0.717, 1.165) is 30.2 Å². The third kappa shape index (κ3) is 4.37. The first-order chi connectivity index (χ1) is 8.90. The van der Waals surface area contributed by atoms with Crippen LogP contribution in [0.25, 0.3) is 0 Å². The molecule has 4 nitrogen and oxygen atoms in total. The molecule has 1 rings (SSSR count). The zero-order valence-corrected chi connectivity index (χ0v) is 13.1. The Balaban J connectivity index is 2.95. The summed E-state index contributed by atoms with van der Waals surface area (Å²) in [5.41, 5.74) is 0.896. The second-order valence-electron chi connectivity index (χ2n) is 5.88. The van der Waals surface area contributed by atoms with E-state index in [9.17, 15) is 0 Å². The van der Waals surface area contributed by atoms with E-state index in [1.807, 2.05) is 14.0 Å². The zero-order valence-electron chi connectivity index (χ0n) is 13.1. The van der Waals surface area contributed by atoms with E-state index in [2.05, 4.69) is 43.0 Å². The average molecular weight is 265 g/mol. The van der Waals surface area contributed by atoms with E-state index in [1.165, 1.54) is 12.8 Å². The Bertz CT molecular complexity index is 411. The Morgan fingerprint density at radius 2 is 1.84 bits per heavy atom. The minimum Gasteiger partial charge on any atom is -0.477 e. The summed E-state index contributed by atoms with van der Waals surface area (Å²) < 4.78 is 5.83. The predicted molar refractivity (Wildman–Crippen MR) is 80.0 cm³/mol. The number of anilines is 1. The lowest BCUT2D eigenvalue weighted by molar-refractivity contribution is 0.289. The minimum atomic E-state index is -0.0825. The van der Waals surface area contributed by atoms with Gasteiger partial charge in [-0.05, 0) is 13.3 Å². The normalized spacial score (nSPS) is 11.5. The summed E-state index contributed by atoms with van der Waals surface area (Å²) in [5.74, 6) is 2.37. The first-order valence-electron chi connectivity index (χ1n) is 7.09. The molecular weight excluding hydrogens is 238 g/mol. The lowest BCUT2D eigenvalue weighted by Gasteiger charge is -2.20. The van der Waals surface area contributed by atoms with Gasteiger partial charge in [0.05, 0.1) is 12.2 Å². The summed E-state index contributed by atoms with van der Waals surface area (Å²) in [6.45, 7) is 11.2. The molecule has 0 bridgehead atoms.